The van der Waals surface area contributed by atoms with Crippen LogP contribution in [0, 0.1) is 0 Å². The Morgan fingerprint density at radius 2 is 1.69 bits per heavy atom. The third kappa shape index (κ3) is 6.36. The Hall–Kier alpha value is -3.00. The minimum absolute atomic E-state index is 0.0292. The Morgan fingerprint density at radius 3 is 2.23 bits per heavy atom. The van der Waals surface area contributed by atoms with Crippen LogP contribution in [0.4, 0.5) is 0 Å². The molecule has 3 N–H and O–H groups in total. The van der Waals surface area contributed by atoms with E-state index in [1.54, 1.807) is 42.5 Å². The van der Waals surface area contributed by atoms with Gasteiger partial charge in [-0.2, -0.15) is 8.61 Å². The number of amides is 2. The van der Waals surface area contributed by atoms with Crippen molar-refractivity contribution >= 4 is 31.9 Å². The minimum Gasteiger partial charge on any atom is -0.497 e. The molecule has 0 bridgehead atoms. The lowest BCUT2D eigenvalue weighted by Crippen LogP contribution is -2.63. The van der Waals surface area contributed by atoms with E-state index in [-0.39, 0.29) is 24.4 Å². The van der Waals surface area contributed by atoms with Gasteiger partial charge in [-0.05, 0) is 29.8 Å². The highest BCUT2D eigenvalue weighted by molar-refractivity contribution is 7.89. The normalized spacial score (nSPS) is 18.5. The standard InChI is InChI=1S/C22H28N4O7S2/c1-33-17-10-8-16(9-11-17)14-19(21(23)27)24-22(28)20-15-25(12-13-26(20)34(2,29)30)35(31,32)18-6-4-3-5-7-18/h3-11,19-20H,12-15H2,1-2H3,(H2,23,27)(H,24,28)/t19-,20-/m0/s1. The van der Waals surface area contributed by atoms with Crippen LogP contribution in [-0.2, 0) is 36.1 Å². The molecule has 2 aromatic rings. The van der Waals surface area contributed by atoms with E-state index in [0.29, 0.717) is 11.3 Å². The smallest absolute Gasteiger partial charge is 0.243 e. The second-order valence-corrected chi connectivity index (χ2v) is 12.0. The van der Waals surface area contributed by atoms with Crippen LogP contribution in [0.5, 0.6) is 5.75 Å². The van der Waals surface area contributed by atoms with Gasteiger partial charge in [0, 0.05) is 26.1 Å². The quantitative estimate of drug-likeness (QED) is 0.450. The van der Waals surface area contributed by atoms with Crippen LogP contribution in [-0.4, -0.2) is 82.3 Å². The summed E-state index contributed by atoms with van der Waals surface area (Å²) in [6.45, 7) is -0.758. The number of rotatable bonds is 9. The van der Waals surface area contributed by atoms with E-state index in [2.05, 4.69) is 5.32 Å². The van der Waals surface area contributed by atoms with Gasteiger partial charge < -0.3 is 15.8 Å². The molecule has 3 rings (SSSR count). The van der Waals surface area contributed by atoms with Crippen LogP contribution in [0.15, 0.2) is 59.5 Å². The Balaban J connectivity index is 1.83. The molecule has 0 aromatic heterocycles. The number of piperazine rings is 1. The average Bonchev–Trinajstić information content (AvgIpc) is 2.83. The molecule has 13 heteroatoms. The molecule has 2 amide bonds. The first-order valence-corrected chi connectivity index (χ1v) is 14.0. The number of ether oxygens (including phenoxy) is 1. The fourth-order valence-corrected chi connectivity index (χ4v) is 6.30. The molecule has 0 saturated carbocycles. The van der Waals surface area contributed by atoms with Crippen LogP contribution >= 0.6 is 0 Å². The zero-order valence-electron chi connectivity index (χ0n) is 19.3. The number of methoxy groups -OCH3 is 1. The van der Waals surface area contributed by atoms with E-state index >= 15 is 0 Å². The van der Waals surface area contributed by atoms with Crippen molar-refractivity contribution < 1.29 is 31.2 Å². The van der Waals surface area contributed by atoms with Crippen LogP contribution in [0.3, 0.4) is 0 Å². The van der Waals surface area contributed by atoms with Crippen molar-refractivity contribution in [3.63, 3.8) is 0 Å². The molecule has 1 heterocycles. The topological polar surface area (TPSA) is 156 Å². The van der Waals surface area contributed by atoms with Gasteiger partial charge in [0.2, 0.25) is 31.9 Å². The lowest BCUT2D eigenvalue weighted by Gasteiger charge is -2.38. The van der Waals surface area contributed by atoms with Crippen molar-refractivity contribution in [3.8, 4) is 5.75 Å². The summed E-state index contributed by atoms with van der Waals surface area (Å²) in [7, 11) is -6.31. The van der Waals surface area contributed by atoms with E-state index in [9.17, 15) is 26.4 Å². The van der Waals surface area contributed by atoms with Crippen molar-refractivity contribution in [1.29, 1.82) is 0 Å². The third-order valence-electron chi connectivity index (χ3n) is 5.66. The molecule has 0 spiro atoms. The molecule has 190 valence electrons. The second-order valence-electron chi connectivity index (χ2n) is 8.08. The van der Waals surface area contributed by atoms with Gasteiger partial charge in [0.05, 0.1) is 18.3 Å². The molecule has 35 heavy (non-hydrogen) atoms. The van der Waals surface area contributed by atoms with E-state index in [1.165, 1.54) is 19.2 Å². The van der Waals surface area contributed by atoms with Crippen molar-refractivity contribution in [2.75, 3.05) is 33.0 Å². The molecular formula is C22H28N4O7S2. The number of nitrogens with one attached hydrogen (secondary N) is 1. The van der Waals surface area contributed by atoms with Crippen LogP contribution in [0.1, 0.15) is 5.56 Å². The summed E-state index contributed by atoms with van der Waals surface area (Å²) in [5.41, 5.74) is 6.18. The summed E-state index contributed by atoms with van der Waals surface area (Å²) in [4.78, 5) is 25.3. The molecular weight excluding hydrogens is 496 g/mol. The van der Waals surface area contributed by atoms with E-state index in [1.807, 2.05) is 0 Å². The van der Waals surface area contributed by atoms with Gasteiger partial charge >= 0.3 is 0 Å². The van der Waals surface area contributed by atoms with Crippen LogP contribution < -0.4 is 15.8 Å². The molecule has 1 aliphatic heterocycles. The van der Waals surface area contributed by atoms with Crippen LogP contribution in [0.25, 0.3) is 0 Å². The fraction of sp³-hybridized carbons (Fsp3) is 0.364. The number of primary amides is 1. The SMILES string of the molecule is COc1ccc(C[C@H](NC(=O)[C@@H]2CN(S(=O)(=O)c3ccccc3)CCN2S(C)(=O)=O)C(N)=O)cc1. The van der Waals surface area contributed by atoms with Gasteiger partial charge in [-0.15, -0.1) is 0 Å². The summed E-state index contributed by atoms with van der Waals surface area (Å²) >= 11 is 0. The highest BCUT2D eigenvalue weighted by Crippen LogP contribution is 2.22. The molecule has 1 aliphatic rings. The second kappa shape index (κ2) is 10.7. The molecule has 0 unspecified atom stereocenters. The zero-order chi connectivity index (χ0) is 25.8. The summed E-state index contributed by atoms with van der Waals surface area (Å²) in [6, 6.07) is 11.9. The summed E-state index contributed by atoms with van der Waals surface area (Å²) in [5.74, 6) is -1.02. The zero-order valence-corrected chi connectivity index (χ0v) is 21.0. The van der Waals surface area contributed by atoms with Crippen molar-refractivity contribution in [3.05, 3.63) is 60.2 Å². The van der Waals surface area contributed by atoms with E-state index in [4.69, 9.17) is 10.5 Å². The van der Waals surface area contributed by atoms with Gasteiger partial charge in [-0.3, -0.25) is 9.59 Å². The largest absolute Gasteiger partial charge is 0.497 e. The lowest BCUT2D eigenvalue weighted by molar-refractivity contribution is -0.130. The first-order chi connectivity index (χ1) is 16.4. The van der Waals surface area contributed by atoms with Crippen molar-refractivity contribution in [1.82, 2.24) is 13.9 Å². The number of benzene rings is 2. The Kier molecular flexibility index (Phi) is 8.15. The molecule has 0 radical (unpaired) electrons. The van der Waals surface area contributed by atoms with E-state index < -0.39 is 50.5 Å². The number of nitrogens with two attached hydrogens (primary N) is 1. The number of sulfonamides is 2. The monoisotopic (exact) mass is 524 g/mol. The maximum atomic E-state index is 13.2. The summed E-state index contributed by atoms with van der Waals surface area (Å²) < 4.78 is 58.0. The third-order valence-corrected chi connectivity index (χ3v) is 8.83. The van der Waals surface area contributed by atoms with Gasteiger partial charge in [-0.25, -0.2) is 16.8 Å². The van der Waals surface area contributed by atoms with Gasteiger partial charge in [0.15, 0.2) is 0 Å². The molecule has 2 aromatic carbocycles. The predicted molar refractivity (Wildman–Crippen MR) is 128 cm³/mol. The Morgan fingerprint density at radius 1 is 1.06 bits per heavy atom. The first-order valence-electron chi connectivity index (χ1n) is 10.7. The maximum absolute atomic E-state index is 13.2. The highest BCUT2D eigenvalue weighted by atomic mass is 32.2. The van der Waals surface area contributed by atoms with Crippen LogP contribution in [0.2, 0.25) is 0 Å². The Labute approximate surface area is 204 Å². The lowest BCUT2D eigenvalue weighted by atomic mass is 10.0. The summed E-state index contributed by atoms with van der Waals surface area (Å²) in [6.07, 6.45) is 1.00. The van der Waals surface area contributed by atoms with Gasteiger partial charge in [-0.1, -0.05) is 30.3 Å². The van der Waals surface area contributed by atoms with E-state index in [0.717, 1.165) is 14.9 Å². The number of hydrogen-bond donors (Lipinski definition) is 2. The minimum atomic E-state index is -3.97. The molecule has 1 saturated heterocycles. The predicted octanol–water partition coefficient (Wildman–Crippen LogP) is -0.457. The molecule has 2 atom stereocenters. The number of hydrogen-bond acceptors (Lipinski definition) is 7. The fourth-order valence-electron chi connectivity index (χ4n) is 3.80. The summed E-state index contributed by atoms with van der Waals surface area (Å²) in [5, 5.41) is 2.50. The number of nitrogens with zero attached hydrogens (tertiary/aromatic N) is 2. The van der Waals surface area contributed by atoms with Crippen molar-refractivity contribution in [2.45, 2.75) is 23.4 Å². The first kappa shape index (κ1) is 26.6. The van der Waals surface area contributed by atoms with Gasteiger partial charge in [0.1, 0.15) is 17.8 Å². The van der Waals surface area contributed by atoms with Crippen molar-refractivity contribution in [2.24, 2.45) is 5.73 Å². The Bertz CT molecular complexity index is 1270. The average molecular weight is 525 g/mol. The molecule has 1 fully saturated rings. The maximum Gasteiger partial charge on any atom is 0.243 e. The molecule has 0 aliphatic carbocycles. The highest BCUT2D eigenvalue weighted by Gasteiger charge is 2.42. The number of carbonyl (C=O) groups excluding carboxylic acids is 2. The number of carbonyl (C=O) groups is 2. The van der Waals surface area contributed by atoms with Gasteiger partial charge in [0.25, 0.3) is 0 Å². The molecule has 11 nitrogen and oxygen atoms in total.